The second-order valence-corrected chi connectivity index (χ2v) is 3.06. The first-order valence-electron chi connectivity index (χ1n) is 3.48. The molecule has 6 N–H and O–H groups in total. The molecule has 0 aliphatic heterocycles. The average Bonchev–Trinajstić information content (AvgIpc) is 1.77. The van der Waals surface area contributed by atoms with Gasteiger partial charge >= 0.3 is 0 Å². The molecule has 0 aromatic rings. The Kier molecular flexibility index (Phi) is 1.72. The Hall–Kier alpha value is -0.160. The molecule has 0 heterocycles. The van der Waals surface area contributed by atoms with Crippen molar-refractivity contribution in [2.24, 2.45) is 11.5 Å². The Bertz CT molecular complexity index is 118. The topological polar surface area (TPSA) is 92.5 Å². The Morgan fingerprint density at radius 3 is 1.40 bits per heavy atom. The zero-order chi connectivity index (χ0) is 7.83. The minimum atomic E-state index is -1.59. The number of hydrogen-bond donors (Lipinski definition) is 4. The highest BCUT2D eigenvalue weighted by Crippen LogP contribution is 2.29. The molecule has 1 saturated carbocycles. The van der Waals surface area contributed by atoms with Crippen LogP contribution in [0.2, 0.25) is 0 Å². The maximum atomic E-state index is 9.30. The fourth-order valence-corrected chi connectivity index (χ4v) is 1.22. The molecule has 0 bridgehead atoms. The van der Waals surface area contributed by atoms with E-state index < -0.39 is 11.4 Å². The van der Waals surface area contributed by atoms with Crippen LogP contribution in [-0.4, -0.2) is 21.7 Å². The Morgan fingerprint density at radius 2 is 1.20 bits per heavy atom. The number of hydrogen-bond acceptors (Lipinski definition) is 4. The summed E-state index contributed by atoms with van der Waals surface area (Å²) in [5.41, 5.74) is 7.49. The number of nitrogens with two attached hydrogens (primary N) is 2. The van der Waals surface area contributed by atoms with E-state index in [1.165, 1.54) is 0 Å². The first-order valence-corrected chi connectivity index (χ1v) is 3.48. The summed E-state index contributed by atoms with van der Waals surface area (Å²) < 4.78 is 0. The monoisotopic (exact) mass is 146 g/mol. The van der Waals surface area contributed by atoms with Crippen LogP contribution in [0.1, 0.15) is 25.7 Å². The third kappa shape index (κ3) is 1.15. The zero-order valence-corrected chi connectivity index (χ0v) is 5.88. The summed E-state index contributed by atoms with van der Waals surface area (Å²) in [6.45, 7) is 0. The van der Waals surface area contributed by atoms with Crippen LogP contribution < -0.4 is 11.5 Å². The van der Waals surface area contributed by atoms with Crippen molar-refractivity contribution in [1.82, 2.24) is 0 Å². The maximum Gasteiger partial charge on any atom is 0.155 e. The third-order valence-corrected chi connectivity index (χ3v) is 2.12. The van der Waals surface area contributed by atoms with Gasteiger partial charge in [0.25, 0.3) is 0 Å². The van der Waals surface area contributed by atoms with Gasteiger partial charge < -0.3 is 21.7 Å². The highest BCUT2D eigenvalue weighted by Gasteiger charge is 2.44. The molecule has 1 rings (SSSR count). The molecule has 0 amide bonds. The van der Waals surface area contributed by atoms with Gasteiger partial charge in [0.05, 0.1) is 0 Å². The molecule has 0 radical (unpaired) electrons. The fourth-order valence-electron chi connectivity index (χ4n) is 1.22. The van der Waals surface area contributed by atoms with Crippen LogP contribution in [0.3, 0.4) is 0 Å². The van der Waals surface area contributed by atoms with Crippen molar-refractivity contribution in [1.29, 1.82) is 0 Å². The van der Waals surface area contributed by atoms with Crippen molar-refractivity contribution < 1.29 is 10.2 Å². The molecule has 0 aromatic heterocycles. The van der Waals surface area contributed by atoms with E-state index in [0.717, 1.165) is 12.8 Å². The van der Waals surface area contributed by atoms with Crippen LogP contribution in [0.25, 0.3) is 0 Å². The summed E-state index contributed by atoms with van der Waals surface area (Å²) in [7, 11) is 0. The largest absolute Gasteiger partial charge is 0.372 e. The Balaban J connectivity index is 2.70. The second-order valence-electron chi connectivity index (χ2n) is 3.06. The molecule has 10 heavy (non-hydrogen) atoms. The van der Waals surface area contributed by atoms with Gasteiger partial charge in [0.1, 0.15) is 0 Å². The number of rotatable bonds is 0. The summed E-state index contributed by atoms with van der Waals surface area (Å²) in [4.78, 5) is 0. The van der Waals surface area contributed by atoms with E-state index in [1.807, 2.05) is 0 Å². The first-order chi connectivity index (χ1) is 4.46. The van der Waals surface area contributed by atoms with Crippen molar-refractivity contribution in [2.75, 3.05) is 0 Å². The van der Waals surface area contributed by atoms with Crippen LogP contribution in [0.4, 0.5) is 0 Å². The van der Waals surface area contributed by atoms with Crippen LogP contribution in [0, 0.1) is 0 Å². The molecule has 0 spiro atoms. The lowest BCUT2D eigenvalue weighted by Gasteiger charge is -2.41. The normalized spacial score (nSPS) is 49.2. The molecule has 0 aromatic carbocycles. The van der Waals surface area contributed by atoms with Crippen molar-refractivity contribution >= 4 is 0 Å². The molecule has 4 heteroatoms. The molecule has 0 saturated heterocycles. The Morgan fingerprint density at radius 1 is 0.900 bits per heavy atom. The summed E-state index contributed by atoms with van der Waals surface area (Å²) in [6.07, 6.45) is 2.40. The highest BCUT2D eigenvalue weighted by molar-refractivity contribution is 4.93. The third-order valence-electron chi connectivity index (χ3n) is 2.12. The number of aliphatic hydroxyl groups is 2. The Labute approximate surface area is 59.8 Å². The predicted octanol–water partition coefficient (Wildman–Crippen LogP) is -1.15. The second kappa shape index (κ2) is 2.17. The molecule has 1 fully saturated rings. The maximum absolute atomic E-state index is 9.30. The molecular weight excluding hydrogens is 132 g/mol. The smallest absolute Gasteiger partial charge is 0.155 e. The van der Waals surface area contributed by atoms with E-state index >= 15 is 0 Å². The van der Waals surface area contributed by atoms with E-state index in [4.69, 9.17) is 11.5 Å². The summed E-state index contributed by atoms with van der Waals surface area (Å²) in [5, 5.41) is 18.6. The minimum Gasteiger partial charge on any atom is -0.372 e. The van der Waals surface area contributed by atoms with Gasteiger partial charge in [0.2, 0.25) is 0 Å². The van der Waals surface area contributed by atoms with Gasteiger partial charge in [0.15, 0.2) is 11.4 Å². The van der Waals surface area contributed by atoms with E-state index in [-0.39, 0.29) is 0 Å². The molecule has 2 atom stereocenters. The molecule has 1 aliphatic rings. The summed E-state index contributed by atoms with van der Waals surface area (Å²) in [6, 6.07) is 0. The van der Waals surface area contributed by atoms with Crippen LogP contribution in [0.5, 0.6) is 0 Å². The van der Waals surface area contributed by atoms with E-state index in [0.29, 0.717) is 12.8 Å². The minimum absolute atomic E-state index is 0.375. The summed E-state index contributed by atoms with van der Waals surface area (Å²) >= 11 is 0. The van der Waals surface area contributed by atoms with Crippen LogP contribution in [-0.2, 0) is 0 Å². The standard InChI is InChI=1S/C6H14N2O2/c7-5(9)3-1-2-4-6(5,8)10/h9-10H,1-4,7-8H2. The van der Waals surface area contributed by atoms with E-state index in [2.05, 4.69) is 0 Å². The highest BCUT2D eigenvalue weighted by atomic mass is 16.4. The lowest BCUT2D eigenvalue weighted by Crippen LogP contribution is -2.67. The molecule has 4 nitrogen and oxygen atoms in total. The van der Waals surface area contributed by atoms with Crippen LogP contribution >= 0.6 is 0 Å². The lowest BCUT2D eigenvalue weighted by molar-refractivity contribution is -0.168. The van der Waals surface area contributed by atoms with Gasteiger partial charge in [-0.15, -0.1) is 0 Å². The van der Waals surface area contributed by atoms with Crippen molar-refractivity contribution in [3.8, 4) is 0 Å². The van der Waals surface area contributed by atoms with Gasteiger partial charge in [-0.25, -0.2) is 0 Å². The zero-order valence-electron chi connectivity index (χ0n) is 5.88. The van der Waals surface area contributed by atoms with Gasteiger partial charge in [-0.2, -0.15) is 0 Å². The SMILES string of the molecule is NC1(O)CCCCC1(N)O. The quantitative estimate of drug-likeness (QED) is 0.325. The van der Waals surface area contributed by atoms with Gasteiger partial charge in [-0.1, -0.05) is 0 Å². The molecule has 2 unspecified atom stereocenters. The van der Waals surface area contributed by atoms with E-state index in [9.17, 15) is 10.2 Å². The van der Waals surface area contributed by atoms with Gasteiger partial charge in [-0.05, 0) is 25.7 Å². The van der Waals surface area contributed by atoms with Crippen LogP contribution in [0.15, 0.2) is 0 Å². The fraction of sp³-hybridized carbons (Fsp3) is 1.00. The lowest BCUT2D eigenvalue weighted by atomic mass is 9.85. The summed E-state index contributed by atoms with van der Waals surface area (Å²) in [5.74, 6) is 0. The molecule has 1 aliphatic carbocycles. The van der Waals surface area contributed by atoms with E-state index in [1.54, 1.807) is 0 Å². The molecular formula is C6H14N2O2. The molecule has 60 valence electrons. The average molecular weight is 146 g/mol. The first kappa shape index (κ1) is 7.94. The van der Waals surface area contributed by atoms with Gasteiger partial charge in [0, 0.05) is 0 Å². The van der Waals surface area contributed by atoms with Crippen molar-refractivity contribution in [3.05, 3.63) is 0 Å². The van der Waals surface area contributed by atoms with Crippen molar-refractivity contribution in [2.45, 2.75) is 37.1 Å². The van der Waals surface area contributed by atoms with Gasteiger partial charge in [-0.3, -0.25) is 0 Å². The predicted molar refractivity (Wildman–Crippen MR) is 36.7 cm³/mol. The van der Waals surface area contributed by atoms with Crippen molar-refractivity contribution in [3.63, 3.8) is 0 Å².